The topological polar surface area (TPSA) is 60.7 Å². The Morgan fingerprint density at radius 3 is 2.68 bits per heavy atom. The second-order valence-electron chi connectivity index (χ2n) is 7.50. The van der Waals surface area contributed by atoms with Gasteiger partial charge in [-0.1, -0.05) is 75.8 Å². The third kappa shape index (κ3) is 4.24. The van der Waals surface area contributed by atoms with Gasteiger partial charge < -0.3 is 4.74 Å². The van der Waals surface area contributed by atoms with Crippen LogP contribution in [0.5, 0.6) is 0 Å². The van der Waals surface area contributed by atoms with E-state index < -0.39 is 12.0 Å². The molecule has 3 heterocycles. The number of hydrogen-bond acceptors (Lipinski definition) is 6. The van der Waals surface area contributed by atoms with Gasteiger partial charge in [-0.2, -0.15) is 0 Å². The molecule has 2 aromatic carbocycles. The van der Waals surface area contributed by atoms with E-state index in [-0.39, 0.29) is 12.2 Å². The van der Waals surface area contributed by atoms with Crippen LogP contribution in [0, 0.1) is 0 Å². The molecule has 0 saturated heterocycles. The summed E-state index contributed by atoms with van der Waals surface area (Å²) in [6.07, 6.45) is 1.86. The normalized spacial score (nSPS) is 15.7. The van der Waals surface area contributed by atoms with Gasteiger partial charge in [0.05, 0.1) is 22.4 Å². The molecule has 0 fully saturated rings. The molecular weight excluding hydrogens is 532 g/mol. The van der Waals surface area contributed by atoms with Crippen LogP contribution in [0.15, 0.2) is 91.9 Å². The molecule has 0 amide bonds. The van der Waals surface area contributed by atoms with E-state index in [4.69, 9.17) is 9.73 Å². The van der Waals surface area contributed by atoms with Crippen LogP contribution in [0.4, 0.5) is 0 Å². The minimum Gasteiger partial charge on any atom is -0.463 e. The number of rotatable bonds is 5. The molecule has 0 aliphatic carbocycles. The Hall–Kier alpha value is -3.07. The second kappa shape index (κ2) is 9.66. The van der Waals surface area contributed by atoms with Gasteiger partial charge in [0.2, 0.25) is 0 Å². The van der Waals surface area contributed by atoms with Gasteiger partial charge in [-0.05, 0) is 42.1 Å². The number of halogens is 1. The Morgan fingerprint density at radius 2 is 1.97 bits per heavy atom. The lowest BCUT2D eigenvalue weighted by molar-refractivity contribution is -0.138. The number of fused-ring (bicyclic) bond motifs is 1. The minimum atomic E-state index is -0.616. The van der Waals surface area contributed by atoms with Gasteiger partial charge in [-0.25, -0.2) is 9.79 Å². The summed E-state index contributed by atoms with van der Waals surface area (Å²) in [5.74, 6) is -0.468. The Kier molecular flexibility index (Phi) is 6.45. The maximum atomic E-state index is 13.7. The minimum absolute atomic E-state index is 0.184. The summed E-state index contributed by atoms with van der Waals surface area (Å²) in [6.45, 7) is 2.00. The fourth-order valence-electron chi connectivity index (χ4n) is 3.90. The first-order valence-corrected chi connectivity index (χ1v) is 13.1. The van der Waals surface area contributed by atoms with Gasteiger partial charge in [0.15, 0.2) is 4.80 Å². The molecule has 1 atom stereocenters. The molecule has 5 rings (SSSR count). The Morgan fingerprint density at radius 1 is 1.15 bits per heavy atom. The van der Waals surface area contributed by atoms with Crippen molar-refractivity contribution < 1.29 is 9.53 Å². The average Bonchev–Trinajstić information content (AvgIpc) is 3.47. The summed E-state index contributed by atoms with van der Waals surface area (Å²) >= 11 is 6.30. The second-order valence-corrected chi connectivity index (χ2v) is 10.4. The monoisotopic (exact) mass is 550 g/mol. The third-order valence-corrected chi connectivity index (χ3v) is 7.73. The molecule has 8 heteroatoms. The van der Waals surface area contributed by atoms with Crippen LogP contribution in [0.2, 0.25) is 0 Å². The fraction of sp³-hybridized carbons (Fsp3) is 0.115. The highest BCUT2D eigenvalue weighted by Crippen LogP contribution is 2.36. The predicted molar refractivity (Wildman–Crippen MR) is 140 cm³/mol. The number of esters is 1. The molecule has 0 saturated carbocycles. The third-order valence-electron chi connectivity index (χ3n) is 5.33. The summed E-state index contributed by atoms with van der Waals surface area (Å²) in [4.78, 5) is 33.2. The maximum Gasteiger partial charge on any atom is 0.338 e. The predicted octanol–water partition coefficient (Wildman–Crippen LogP) is 4.76. The van der Waals surface area contributed by atoms with E-state index in [1.165, 1.54) is 22.7 Å². The van der Waals surface area contributed by atoms with Gasteiger partial charge in [-0.15, -0.1) is 11.3 Å². The zero-order valence-corrected chi connectivity index (χ0v) is 21.3. The summed E-state index contributed by atoms with van der Waals surface area (Å²) in [7, 11) is 0. The first kappa shape index (κ1) is 22.7. The Balaban J connectivity index is 1.82. The van der Waals surface area contributed by atoms with Crippen molar-refractivity contribution >= 4 is 56.3 Å². The van der Waals surface area contributed by atoms with E-state index in [0.29, 0.717) is 20.6 Å². The highest BCUT2D eigenvalue weighted by Gasteiger charge is 2.35. The van der Waals surface area contributed by atoms with Crippen molar-refractivity contribution in [2.75, 3.05) is 6.61 Å². The molecule has 0 N–H and O–H groups in total. The number of benzene rings is 2. The lowest BCUT2D eigenvalue weighted by Crippen LogP contribution is -2.39. The van der Waals surface area contributed by atoms with E-state index in [1.54, 1.807) is 11.5 Å². The number of carbonyl (C=O) groups is 1. The summed E-state index contributed by atoms with van der Waals surface area (Å²) in [6, 6.07) is 20.6. The number of nitrogens with zero attached hydrogens (tertiary/aromatic N) is 2. The summed E-state index contributed by atoms with van der Waals surface area (Å²) in [5, 5.41) is 1.94. The number of ether oxygens (including phenoxy) is 1. The molecule has 34 heavy (non-hydrogen) atoms. The lowest BCUT2D eigenvalue weighted by Gasteiger charge is -2.24. The van der Waals surface area contributed by atoms with Crippen LogP contribution in [0.3, 0.4) is 0 Å². The highest BCUT2D eigenvalue weighted by molar-refractivity contribution is 9.10. The summed E-state index contributed by atoms with van der Waals surface area (Å²) in [5.41, 5.74) is 2.43. The van der Waals surface area contributed by atoms with E-state index >= 15 is 0 Å². The van der Waals surface area contributed by atoms with Crippen LogP contribution in [0.1, 0.15) is 29.0 Å². The van der Waals surface area contributed by atoms with Crippen molar-refractivity contribution in [1.82, 2.24) is 4.57 Å². The molecule has 5 nitrogen and oxygen atoms in total. The van der Waals surface area contributed by atoms with E-state index in [0.717, 1.165) is 20.5 Å². The van der Waals surface area contributed by atoms with Crippen LogP contribution in [0.25, 0.3) is 11.8 Å². The summed E-state index contributed by atoms with van der Waals surface area (Å²) < 4.78 is 8.56. The zero-order chi connectivity index (χ0) is 23.7. The van der Waals surface area contributed by atoms with Crippen molar-refractivity contribution in [3.8, 4) is 0 Å². The fourth-order valence-corrected chi connectivity index (χ4v) is 6.15. The number of carbonyl (C=O) groups excluding carboxylic acids is 1. The number of thiophene rings is 1. The van der Waals surface area contributed by atoms with Crippen molar-refractivity contribution in [3.05, 3.63) is 118 Å². The molecule has 170 valence electrons. The Labute approximate surface area is 212 Å². The maximum absolute atomic E-state index is 13.7. The first-order chi connectivity index (χ1) is 16.6. The molecule has 0 spiro atoms. The number of thiazole rings is 1. The van der Waals surface area contributed by atoms with E-state index in [9.17, 15) is 9.59 Å². The van der Waals surface area contributed by atoms with Crippen LogP contribution in [-0.2, 0) is 9.53 Å². The smallest absolute Gasteiger partial charge is 0.338 e. The van der Waals surface area contributed by atoms with Gasteiger partial charge in [0, 0.05) is 14.9 Å². The SMILES string of the molecule is CCOC(=O)C1=C(c2ccccc2)N=c2sc(=Cc3cccc(Br)c3)c(=O)n2C1c1cccs1. The van der Waals surface area contributed by atoms with Crippen LogP contribution >= 0.6 is 38.6 Å². The van der Waals surface area contributed by atoms with Crippen molar-refractivity contribution in [2.45, 2.75) is 13.0 Å². The van der Waals surface area contributed by atoms with Crippen LogP contribution in [-0.4, -0.2) is 17.1 Å². The largest absolute Gasteiger partial charge is 0.463 e. The lowest BCUT2D eigenvalue weighted by atomic mass is 9.97. The number of aromatic nitrogens is 1. The van der Waals surface area contributed by atoms with Crippen molar-refractivity contribution in [3.63, 3.8) is 0 Å². The van der Waals surface area contributed by atoms with Gasteiger partial charge in [0.1, 0.15) is 6.04 Å². The standard InChI is InChI=1S/C26H19BrN2O3S2/c1-2-32-25(31)21-22(17-9-4-3-5-10-17)28-26-29(23(21)19-12-7-13-33-19)24(30)20(34-26)15-16-8-6-11-18(27)14-16/h3-15,23H,2H2,1H3. The van der Waals surface area contributed by atoms with Gasteiger partial charge in [0.25, 0.3) is 5.56 Å². The molecule has 0 radical (unpaired) electrons. The van der Waals surface area contributed by atoms with Crippen LogP contribution < -0.4 is 14.9 Å². The molecule has 2 aromatic heterocycles. The van der Waals surface area contributed by atoms with Crippen molar-refractivity contribution in [2.24, 2.45) is 4.99 Å². The molecule has 0 bridgehead atoms. The highest BCUT2D eigenvalue weighted by atomic mass is 79.9. The molecule has 4 aromatic rings. The van der Waals surface area contributed by atoms with E-state index in [2.05, 4.69) is 15.9 Å². The zero-order valence-electron chi connectivity index (χ0n) is 18.1. The van der Waals surface area contributed by atoms with Crippen molar-refractivity contribution in [1.29, 1.82) is 0 Å². The number of hydrogen-bond donors (Lipinski definition) is 0. The van der Waals surface area contributed by atoms with E-state index in [1.807, 2.05) is 78.2 Å². The molecule has 1 unspecified atom stereocenters. The molecular formula is C26H19BrN2O3S2. The molecule has 1 aliphatic heterocycles. The first-order valence-electron chi connectivity index (χ1n) is 10.6. The van der Waals surface area contributed by atoms with Gasteiger partial charge in [-0.3, -0.25) is 9.36 Å². The molecule has 1 aliphatic rings. The average molecular weight is 551 g/mol. The van der Waals surface area contributed by atoms with Gasteiger partial charge >= 0.3 is 5.97 Å². The Bertz CT molecular complexity index is 1570. The quantitative estimate of drug-likeness (QED) is 0.336.